The van der Waals surface area contributed by atoms with Crippen LogP contribution in [0.2, 0.25) is 0 Å². The van der Waals surface area contributed by atoms with Gasteiger partial charge in [-0.25, -0.2) is 0 Å². The molecule has 1 aromatic carbocycles. The molecule has 1 aromatic rings. The number of ether oxygens (including phenoxy) is 2. The second-order valence-corrected chi connectivity index (χ2v) is 5.64. The van der Waals surface area contributed by atoms with Gasteiger partial charge in [-0.2, -0.15) is 10.5 Å². The zero-order valence-electron chi connectivity index (χ0n) is 12.1. The standard InChI is InChI=1S/C15H14N4O2S/c1-20-11-4-3-8(5-12(11)21-2)13-9(6-16)14(18)22-15(19)10(13)7-17/h3-5,9,13,18H,19H2,1-2H3/t9-,13+/m0/s1. The fourth-order valence-corrected chi connectivity index (χ4v) is 3.21. The highest BCUT2D eigenvalue weighted by molar-refractivity contribution is 8.17. The Bertz CT molecular complexity index is 730. The van der Waals surface area contributed by atoms with E-state index in [9.17, 15) is 10.5 Å². The highest BCUT2D eigenvalue weighted by atomic mass is 32.2. The van der Waals surface area contributed by atoms with Crippen LogP contribution in [-0.2, 0) is 0 Å². The Morgan fingerprint density at radius 2 is 1.91 bits per heavy atom. The Morgan fingerprint density at radius 3 is 2.45 bits per heavy atom. The van der Waals surface area contributed by atoms with Gasteiger partial charge in [0.25, 0.3) is 0 Å². The molecule has 0 spiro atoms. The number of allylic oxidation sites excluding steroid dienone is 1. The van der Waals surface area contributed by atoms with E-state index in [1.165, 1.54) is 14.2 Å². The lowest BCUT2D eigenvalue weighted by Crippen LogP contribution is -2.26. The van der Waals surface area contributed by atoms with Gasteiger partial charge in [-0.05, 0) is 17.7 Å². The third-order valence-electron chi connectivity index (χ3n) is 3.44. The smallest absolute Gasteiger partial charge is 0.161 e. The molecule has 7 heteroatoms. The first-order valence-electron chi connectivity index (χ1n) is 6.34. The fourth-order valence-electron chi connectivity index (χ4n) is 2.37. The van der Waals surface area contributed by atoms with E-state index in [4.69, 9.17) is 20.6 Å². The second-order valence-electron chi connectivity index (χ2n) is 4.55. The molecule has 0 amide bonds. The minimum atomic E-state index is -0.745. The molecule has 0 fully saturated rings. The summed E-state index contributed by atoms with van der Waals surface area (Å²) in [6, 6.07) is 9.33. The highest BCUT2D eigenvalue weighted by Crippen LogP contribution is 2.44. The van der Waals surface area contributed by atoms with E-state index in [2.05, 4.69) is 12.1 Å². The van der Waals surface area contributed by atoms with E-state index >= 15 is 0 Å². The molecule has 1 aliphatic heterocycles. The monoisotopic (exact) mass is 314 g/mol. The van der Waals surface area contributed by atoms with E-state index in [1.54, 1.807) is 18.2 Å². The van der Waals surface area contributed by atoms with Crippen molar-refractivity contribution < 1.29 is 9.47 Å². The Labute approximate surface area is 132 Å². The van der Waals surface area contributed by atoms with Gasteiger partial charge in [0, 0.05) is 5.92 Å². The molecular weight excluding hydrogens is 300 g/mol. The van der Waals surface area contributed by atoms with E-state index < -0.39 is 11.8 Å². The van der Waals surface area contributed by atoms with E-state index in [0.717, 1.165) is 11.8 Å². The molecule has 1 aliphatic rings. The summed E-state index contributed by atoms with van der Waals surface area (Å²) in [6.45, 7) is 0. The minimum Gasteiger partial charge on any atom is -0.493 e. The lowest BCUT2D eigenvalue weighted by molar-refractivity contribution is 0.354. The van der Waals surface area contributed by atoms with Crippen molar-refractivity contribution in [3.63, 3.8) is 0 Å². The van der Waals surface area contributed by atoms with Crippen molar-refractivity contribution in [1.82, 2.24) is 0 Å². The van der Waals surface area contributed by atoms with Gasteiger partial charge in [-0.1, -0.05) is 17.8 Å². The number of nitrogens with one attached hydrogen (secondary N) is 1. The summed E-state index contributed by atoms with van der Waals surface area (Å²) in [5.41, 5.74) is 6.86. The summed E-state index contributed by atoms with van der Waals surface area (Å²) in [4.78, 5) is 0. The minimum absolute atomic E-state index is 0.138. The molecule has 0 unspecified atom stereocenters. The predicted molar refractivity (Wildman–Crippen MR) is 83.5 cm³/mol. The summed E-state index contributed by atoms with van der Waals surface area (Å²) in [5, 5.41) is 27.1. The fraction of sp³-hybridized carbons (Fsp3) is 0.267. The van der Waals surface area contributed by atoms with Crippen LogP contribution < -0.4 is 15.2 Å². The van der Waals surface area contributed by atoms with E-state index in [1.807, 2.05) is 0 Å². The van der Waals surface area contributed by atoms with Crippen molar-refractivity contribution in [2.75, 3.05) is 14.2 Å². The molecule has 0 saturated carbocycles. The predicted octanol–water partition coefficient (Wildman–Crippen LogP) is 2.35. The van der Waals surface area contributed by atoms with Gasteiger partial charge in [-0.3, -0.25) is 5.41 Å². The van der Waals surface area contributed by atoms with Crippen LogP contribution in [0, 0.1) is 34.0 Å². The molecule has 0 aliphatic carbocycles. The van der Waals surface area contributed by atoms with Gasteiger partial charge in [0.1, 0.15) is 5.92 Å². The maximum atomic E-state index is 9.39. The molecule has 0 bridgehead atoms. The Morgan fingerprint density at radius 1 is 1.23 bits per heavy atom. The summed E-state index contributed by atoms with van der Waals surface area (Å²) in [6.07, 6.45) is 0. The van der Waals surface area contributed by atoms with Gasteiger partial charge in [0.15, 0.2) is 11.5 Å². The zero-order chi connectivity index (χ0) is 16.3. The lowest BCUT2D eigenvalue weighted by atomic mass is 9.81. The van der Waals surface area contributed by atoms with Crippen LogP contribution >= 0.6 is 11.8 Å². The van der Waals surface area contributed by atoms with Crippen molar-refractivity contribution >= 4 is 16.8 Å². The SMILES string of the molecule is COc1ccc([C@H]2C(C#N)=C(N)SC(=N)[C@H]2C#N)cc1OC. The van der Waals surface area contributed by atoms with Gasteiger partial charge >= 0.3 is 0 Å². The summed E-state index contributed by atoms with van der Waals surface area (Å²) >= 11 is 0.962. The maximum absolute atomic E-state index is 9.39. The van der Waals surface area contributed by atoms with Crippen molar-refractivity contribution in [2.24, 2.45) is 11.7 Å². The van der Waals surface area contributed by atoms with Crippen LogP contribution in [0.1, 0.15) is 11.5 Å². The molecule has 112 valence electrons. The van der Waals surface area contributed by atoms with Crippen LogP contribution in [0.4, 0.5) is 0 Å². The van der Waals surface area contributed by atoms with Crippen molar-refractivity contribution in [3.05, 3.63) is 34.4 Å². The molecular formula is C15H14N4O2S. The number of methoxy groups -OCH3 is 2. The Kier molecular flexibility index (Phi) is 4.59. The average molecular weight is 314 g/mol. The number of thioether (sulfide) groups is 1. The largest absolute Gasteiger partial charge is 0.493 e. The molecule has 2 atom stereocenters. The average Bonchev–Trinajstić information content (AvgIpc) is 2.53. The molecule has 22 heavy (non-hydrogen) atoms. The number of hydrogen-bond donors (Lipinski definition) is 2. The number of rotatable bonds is 3. The molecule has 2 rings (SSSR count). The number of nitrogens with zero attached hydrogens (tertiary/aromatic N) is 2. The zero-order valence-corrected chi connectivity index (χ0v) is 12.9. The number of hydrogen-bond acceptors (Lipinski definition) is 7. The Balaban J connectivity index is 2.61. The molecule has 1 heterocycles. The third kappa shape index (κ3) is 2.59. The first-order chi connectivity index (χ1) is 10.6. The van der Waals surface area contributed by atoms with Gasteiger partial charge in [-0.15, -0.1) is 0 Å². The third-order valence-corrected chi connectivity index (χ3v) is 4.35. The van der Waals surface area contributed by atoms with Crippen LogP contribution in [0.25, 0.3) is 0 Å². The van der Waals surface area contributed by atoms with Crippen molar-refractivity contribution in [1.29, 1.82) is 15.9 Å². The topological polar surface area (TPSA) is 116 Å². The van der Waals surface area contributed by atoms with Crippen LogP contribution in [0.5, 0.6) is 11.5 Å². The summed E-state index contributed by atoms with van der Waals surface area (Å²) in [5.74, 6) is -0.276. The highest BCUT2D eigenvalue weighted by Gasteiger charge is 2.37. The maximum Gasteiger partial charge on any atom is 0.161 e. The number of benzene rings is 1. The molecule has 0 radical (unpaired) electrons. The van der Waals surface area contributed by atoms with E-state index in [0.29, 0.717) is 22.6 Å². The van der Waals surface area contributed by atoms with Gasteiger partial charge in [0.2, 0.25) is 0 Å². The van der Waals surface area contributed by atoms with Crippen molar-refractivity contribution in [2.45, 2.75) is 5.92 Å². The van der Waals surface area contributed by atoms with Crippen molar-refractivity contribution in [3.8, 4) is 23.6 Å². The molecule has 0 saturated heterocycles. The van der Waals surface area contributed by atoms with Gasteiger partial charge in [0.05, 0.1) is 42.0 Å². The summed E-state index contributed by atoms with van der Waals surface area (Å²) in [7, 11) is 3.04. The van der Waals surface area contributed by atoms with Crippen LogP contribution in [0.3, 0.4) is 0 Å². The van der Waals surface area contributed by atoms with Gasteiger partial charge < -0.3 is 15.2 Å². The normalized spacial score (nSPS) is 21.0. The first-order valence-corrected chi connectivity index (χ1v) is 7.16. The quantitative estimate of drug-likeness (QED) is 0.884. The Hall–Kier alpha value is -2.64. The molecule has 6 nitrogen and oxygen atoms in total. The number of nitriles is 2. The van der Waals surface area contributed by atoms with Crippen LogP contribution in [-0.4, -0.2) is 19.3 Å². The number of nitrogens with two attached hydrogens (primary N) is 1. The second kappa shape index (κ2) is 6.42. The first kappa shape index (κ1) is 15.7. The summed E-state index contributed by atoms with van der Waals surface area (Å²) < 4.78 is 10.5. The lowest BCUT2D eigenvalue weighted by Gasteiger charge is -2.28. The molecule has 0 aromatic heterocycles. The molecule has 3 N–H and O–H groups in total. The van der Waals surface area contributed by atoms with E-state index in [-0.39, 0.29) is 10.1 Å². The van der Waals surface area contributed by atoms with Crippen LogP contribution in [0.15, 0.2) is 28.8 Å².